The molecule has 0 aromatic carbocycles. The highest BCUT2D eigenvalue weighted by molar-refractivity contribution is 5.89. The summed E-state index contributed by atoms with van der Waals surface area (Å²) in [4.78, 5) is 61.6. The van der Waals surface area contributed by atoms with Crippen LogP contribution in [0.4, 0.5) is 0 Å². The van der Waals surface area contributed by atoms with Gasteiger partial charge in [0.2, 0.25) is 5.91 Å². The number of carbonyl (C=O) groups is 5. The summed E-state index contributed by atoms with van der Waals surface area (Å²) in [5, 5.41) is 20.0. The van der Waals surface area contributed by atoms with Crippen molar-refractivity contribution in [3.8, 4) is 0 Å². The Kier molecular flexibility index (Phi) is 17.5. The van der Waals surface area contributed by atoms with Crippen LogP contribution in [0.2, 0.25) is 0 Å². The molecule has 2 N–H and O–H groups in total. The summed E-state index contributed by atoms with van der Waals surface area (Å²) in [5.41, 5.74) is 23.6. The van der Waals surface area contributed by atoms with Gasteiger partial charge in [0, 0.05) is 21.2 Å². The van der Waals surface area contributed by atoms with Gasteiger partial charge in [0.05, 0.1) is 12.5 Å². The molecule has 174 valence electrons. The first-order valence-electron chi connectivity index (χ1n) is 8.84. The molecule has 0 aromatic heterocycles. The van der Waals surface area contributed by atoms with Crippen molar-refractivity contribution >= 4 is 29.6 Å². The van der Waals surface area contributed by atoms with Crippen molar-refractivity contribution < 1.29 is 33.8 Å². The Balaban J connectivity index is 0. The van der Waals surface area contributed by atoms with Gasteiger partial charge in [-0.25, -0.2) is 0 Å². The summed E-state index contributed by atoms with van der Waals surface area (Å²) in [6.07, 6.45) is 0.295. The van der Waals surface area contributed by atoms with Crippen molar-refractivity contribution in [2.45, 2.75) is 26.7 Å². The van der Waals surface area contributed by atoms with Crippen LogP contribution in [0.5, 0.6) is 0 Å². The van der Waals surface area contributed by atoms with E-state index in [2.05, 4.69) is 40.1 Å². The monoisotopic (exact) mass is 454 g/mol. The highest BCUT2D eigenvalue weighted by Gasteiger charge is 2.22. The molecule has 0 saturated heterocycles. The molecule has 0 aliphatic carbocycles. The number of Topliss-reactive ketones (excluding diaryl/α,β-unsaturated/α-hetero) is 1. The van der Waals surface area contributed by atoms with E-state index in [4.69, 9.17) is 21.7 Å². The van der Waals surface area contributed by atoms with E-state index in [1.807, 2.05) is 13.8 Å². The summed E-state index contributed by atoms with van der Waals surface area (Å²) in [6.45, 7) is 1.99. The normalized spacial score (nSPS) is 9.97. The van der Waals surface area contributed by atoms with Crippen LogP contribution in [0.25, 0.3) is 31.3 Å². The third kappa shape index (κ3) is 19.0. The largest absolute Gasteiger partial charge is 0.481 e. The molecule has 0 aromatic rings. The number of ketones is 1. The molecule has 1 unspecified atom stereocenters. The molecule has 1 atom stereocenters. The van der Waals surface area contributed by atoms with E-state index in [0.29, 0.717) is 6.42 Å². The van der Waals surface area contributed by atoms with E-state index >= 15 is 0 Å². The van der Waals surface area contributed by atoms with E-state index in [1.165, 1.54) is 0 Å². The molecule has 0 heterocycles. The second-order valence-electron chi connectivity index (χ2n) is 6.20. The van der Waals surface area contributed by atoms with E-state index in [1.54, 1.807) is 0 Å². The van der Waals surface area contributed by atoms with Gasteiger partial charge in [0.25, 0.3) is 0 Å². The van der Waals surface area contributed by atoms with Gasteiger partial charge >= 0.3 is 17.9 Å². The molecule has 17 heteroatoms. The highest BCUT2D eigenvalue weighted by atomic mass is 16.6. The molecule has 0 radical (unpaired) electrons. The number of carboxylic acid groups (broad SMARTS) is 1. The SMILES string of the molecule is CC(C)CC(CC(=O)CNC(=O)CN=[N+]=[N-])C(=O)O.[N-]=[N+]=NCC(=O)OC(=O)CN=[N+]=[N-]. The number of nitrogens with zero attached hydrogens (tertiary/aromatic N) is 9. The van der Waals surface area contributed by atoms with Crippen molar-refractivity contribution in [2.75, 3.05) is 26.2 Å². The number of esters is 2. The zero-order valence-electron chi connectivity index (χ0n) is 17.3. The van der Waals surface area contributed by atoms with Crippen LogP contribution in [-0.2, 0) is 28.7 Å². The molecule has 0 bridgehead atoms. The maximum atomic E-state index is 11.5. The molecule has 1 amide bonds. The summed E-state index contributed by atoms with van der Waals surface area (Å²) in [6, 6.07) is 0. The summed E-state index contributed by atoms with van der Waals surface area (Å²) < 4.78 is 4.05. The van der Waals surface area contributed by atoms with Crippen LogP contribution in [0.15, 0.2) is 15.3 Å². The molecule has 0 rings (SSSR count). The first-order chi connectivity index (χ1) is 15.1. The number of azide groups is 3. The lowest BCUT2D eigenvalue weighted by Crippen LogP contribution is -2.32. The van der Waals surface area contributed by atoms with E-state index < -0.39 is 42.8 Å². The standard InChI is InChI=1S/C11H18N4O4.C4H4N6O3/c1-7(2)3-8(11(18)19)4-9(16)5-13-10(17)6-14-15-12;5-9-7-1-3(11)13-4(12)2-8-10-6/h7-8H,3-6H2,1-2H3,(H,13,17)(H,18,19);1-2H2. The van der Waals surface area contributed by atoms with Crippen LogP contribution in [0, 0.1) is 11.8 Å². The van der Waals surface area contributed by atoms with E-state index in [0.717, 1.165) is 0 Å². The number of hydrogen-bond donors (Lipinski definition) is 2. The molecule has 0 aliphatic heterocycles. The van der Waals surface area contributed by atoms with E-state index in [-0.39, 0.29) is 31.2 Å². The number of nitrogens with one attached hydrogen (secondary N) is 1. The number of carboxylic acids is 1. The molecule has 0 saturated carbocycles. The van der Waals surface area contributed by atoms with Gasteiger partial charge in [0.1, 0.15) is 19.6 Å². The van der Waals surface area contributed by atoms with Crippen LogP contribution in [-0.4, -0.2) is 60.9 Å². The number of rotatable bonds is 13. The zero-order chi connectivity index (χ0) is 24.9. The Hall–Kier alpha value is -4.32. The number of aliphatic carboxylic acids is 1. The maximum absolute atomic E-state index is 11.5. The summed E-state index contributed by atoms with van der Waals surface area (Å²) in [7, 11) is 0. The fourth-order valence-corrected chi connectivity index (χ4v) is 1.91. The Morgan fingerprint density at radius 1 is 0.906 bits per heavy atom. The lowest BCUT2D eigenvalue weighted by Gasteiger charge is -2.13. The first kappa shape index (κ1) is 29.9. The average Bonchev–Trinajstić information content (AvgIpc) is 2.72. The predicted octanol–water partition coefficient (Wildman–Crippen LogP) is 1.80. The number of hydrogen-bond acceptors (Lipinski definition) is 9. The number of ether oxygens (including phenoxy) is 1. The Morgan fingerprint density at radius 2 is 1.38 bits per heavy atom. The average molecular weight is 454 g/mol. The van der Waals surface area contributed by atoms with Gasteiger partial charge in [-0.2, -0.15) is 0 Å². The predicted molar refractivity (Wildman–Crippen MR) is 106 cm³/mol. The smallest absolute Gasteiger partial charge is 0.319 e. The lowest BCUT2D eigenvalue weighted by molar-refractivity contribution is -0.157. The number of carbonyl (C=O) groups excluding carboxylic acids is 4. The van der Waals surface area contributed by atoms with Crippen molar-refractivity contribution in [1.82, 2.24) is 5.32 Å². The topological polar surface area (TPSA) is 273 Å². The minimum absolute atomic E-state index is 0.116. The van der Waals surface area contributed by atoms with Gasteiger partial charge in [-0.3, -0.25) is 24.0 Å². The minimum Gasteiger partial charge on any atom is -0.481 e. The third-order valence-electron chi connectivity index (χ3n) is 3.09. The van der Waals surface area contributed by atoms with Crippen LogP contribution in [0.1, 0.15) is 26.7 Å². The molecule has 17 nitrogen and oxygen atoms in total. The van der Waals surface area contributed by atoms with Crippen LogP contribution >= 0.6 is 0 Å². The summed E-state index contributed by atoms with van der Waals surface area (Å²) >= 11 is 0. The highest BCUT2D eigenvalue weighted by Crippen LogP contribution is 2.15. The molecule has 0 aliphatic rings. The fourth-order valence-electron chi connectivity index (χ4n) is 1.91. The van der Waals surface area contributed by atoms with Crippen LogP contribution < -0.4 is 5.32 Å². The lowest BCUT2D eigenvalue weighted by atomic mass is 9.92. The van der Waals surface area contributed by atoms with Gasteiger partial charge in [-0.1, -0.05) is 29.2 Å². The Bertz CT molecular complexity index is 794. The Labute approximate surface area is 181 Å². The molecule has 0 fully saturated rings. The summed E-state index contributed by atoms with van der Waals surface area (Å²) in [5.74, 6) is -4.48. The van der Waals surface area contributed by atoms with Gasteiger partial charge in [0.15, 0.2) is 5.78 Å². The van der Waals surface area contributed by atoms with Crippen LogP contribution in [0.3, 0.4) is 0 Å². The molecular weight excluding hydrogens is 432 g/mol. The van der Waals surface area contributed by atoms with E-state index in [9.17, 15) is 24.0 Å². The molecular formula is C15H22N10O7. The number of amides is 1. The van der Waals surface area contributed by atoms with Crippen molar-refractivity contribution in [1.29, 1.82) is 0 Å². The first-order valence-corrected chi connectivity index (χ1v) is 8.84. The van der Waals surface area contributed by atoms with Crippen molar-refractivity contribution in [2.24, 2.45) is 27.2 Å². The van der Waals surface area contributed by atoms with Gasteiger partial charge in [-0.15, -0.1) is 0 Å². The Morgan fingerprint density at radius 3 is 1.78 bits per heavy atom. The maximum Gasteiger partial charge on any atom is 0.319 e. The van der Waals surface area contributed by atoms with Gasteiger partial charge in [-0.05, 0) is 28.9 Å². The fraction of sp³-hybridized carbons (Fsp3) is 0.667. The second-order valence-corrected chi connectivity index (χ2v) is 6.20. The van der Waals surface area contributed by atoms with Gasteiger partial charge < -0.3 is 15.2 Å². The zero-order valence-corrected chi connectivity index (χ0v) is 17.3. The third-order valence-corrected chi connectivity index (χ3v) is 3.09. The quantitative estimate of drug-likeness (QED) is 0.137. The minimum atomic E-state index is -1.01. The van der Waals surface area contributed by atoms with Crippen molar-refractivity contribution in [3.05, 3.63) is 31.3 Å². The van der Waals surface area contributed by atoms with Crippen molar-refractivity contribution in [3.63, 3.8) is 0 Å². The second kappa shape index (κ2) is 18.7. The molecule has 0 spiro atoms. The molecule has 32 heavy (non-hydrogen) atoms.